The second-order valence-corrected chi connectivity index (χ2v) is 5.66. The highest BCUT2D eigenvalue weighted by Crippen LogP contribution is 2.06. The van der Waals surface area contributed by atoms with Crippen LogP contribution in [0.5, 0.6) is 0 Å². The van der Waals surface area contributed by atoms with Crippen molar-refractivity contribution in [2.45, 2.75) is 32.1 Å². The van der Waals surface area contributed by atoms with Crippen molar-refractivity contribution in [2.75, 3.05) is 19.6 Å². The molecule has 0 saturated carbocycles. The third kappa shape index (κ3) is 5.52. The molecule has 0 aromatic heterocycles. The molecule has 0 radical (unpaired) electrons. The van der Waals surface area contributed by atoms with Gasteiger partial charge in [0.15, 0.2) is 18.2 Å². The van der Waals surface area contributed by atoms with E-state index in [1.165, 1.54) is 36.4 Å². The van der Waals surface area contributed by atoms with Crippen molar-refractivity contribution < 1.29 is 18.5 Å². The summed E-state index contributed by atoms with van der Waals surface area (Å²) in [4.78, 5) is 13.1. The van der Waals surface area contributed by atoms with Gasteiger partial charge >= 0.3 is 0 Å². The zero-order chi connectivity index (χ0) is 15.8. The van der Waals surface area contributed by atoms with Crippen LogP contribution in [-0.4, -0.2) is 31.8 Å². The third-order valence-corrected chi connectivity index (χ3v) is 3.82. The normalized spacial score (nSPS) is 17.2. The lowest BCUT2D eigenvalue weighted by Crippen LogP contribution is -3.13. The molecule has 0 aliphatic carbocycles. The molecule has 2 rings (SSSR count). The highest BCUT2D eigenvalue weighted by molar-refractivity contribution is 5.82. The van der Waals surface area contributed by atoms with Crippen LogP contribution in [0.15, 0.2) is 23.3 Å². The Bertz CT molecular complexity index is 526. The van der Waals surface area contributed by atoms with Crippen molar-refractivity contribution in [3.63, 3.8) is 0 Å². The Kier molecular flexibility index (Phi) is 6.45. The molecule has 6 heteroatoms. The van der Waals surface area contributed by atoms with Crippen LogP contribution >= 0.6 is 0 Å². The second-order valence-electron chi connectivity index (χ2n) is 5.66. The van der Waals surface area contributed by atoms with Gasteiger partial charge in [-0.3, -0.25) is 4.79 Å². The summed E-state index contributed by atoms with van der Waals surface area (Å²) in [7, 11) is 0. The van der Waals surface area contributed by atoms with Gasteiger partial charge in [0.2, 0.25) is 0 Å². The first-order valence-corrected chi connectivity index (χ1v) is 7.75. The number of rotatable bonds is 4. The van der Waals surface area contributed by atoms with Gasteiger partial charge in [0.25, 0.3) is 5.91 Å². The van der Waals surface area contributed by atoms with E-state index in [-0.39, 0.29) is 5.91 Å². The maximum atomic E-state index is 13.0. The number of halogens is 2. The van der Waals surface area contributed by atoms with Crippen molar-refractivity contribution in [3.05, 3.63) is 35.4 Å². The predicted molar refractivity (Wildman–Crippen MR) is 80.7 cm³/mol. The maximum absolute atomic E-state index is 13.0. The minimum atomic E-state index is -0.930. The van der Waals surface area contributed by atoms with Crippen molar-refractivity contribution in [2.24, 2.45) is 5.10 Å². The molecule has 1 aliphatic heterocycles. The summed E-state index contributed by atoms with van der Waals surface area (Å²) in [5.74, 6) is -1.99. The van der Waals surface area contributed by atoms with E-state index in [4.69, 9.17) is 0 Å². The molecule has 4 nitrogen and oxygen atoms in total. The molecular weight excluding hydrogens is 288 g/mol. The maximum Gasteiger partial charge on any atom is 0.295 e. The molecular formula is C16H22F2N3O+. The minimum Gasteiger partial charge on any atom is -0.327 e. The molecule has 1 aromatic carbocycles. The molecule has 0 atom stereocenters. The lowest BCUT2D eigenvalue weighted by atomic mass is 10.1. The number of likely N-dealkylation sites (tertiary alicyclic amines) is 1. The summed E-state index contributed by atoms with van der Waals surface area (Å²) in [6.45, 7) is 2.43. The molecule has 1 heterocycles. The molecule has 1 aliphatic rings. The Morgan fingerprint density at radius 2 is 1.82 bits per heavy atom. The zero-order valence-electron chi connectivity index (χ0n) is 12.6. The summed E-state index contributed by atoms with van der Waals surface area (Å²) < 4.78 is 25.8. The van der Waals surface area contributed by atoms with E-state index in [0.29, 0.717) is 12.1 Å². The van der Waals surface area contributed by atoms with E-state index in [1.807, 2.05) is 0 Å². The number of hydrazone groups is 1. The van der Waals surface area contributed by atoms with Crippen molar-refractivity contribution >= 4 is 12.1 Å². The van der Waals surface area contributed by atoms with E-state index in [1.54, 1.807) is 0 Å². The molecule has 0 spiro atoms. The number of carbonyl (C=O) groups is 1. The topological polar surface area (TPSA) is 45.9 Å². The van der Waals surface area contributed by atoms with Gasteiger partial charge in [-0.15, -0.1) is 0 Å². The smallest absolute Gasteiger partial charge is 0.295 e. The SMILES string of the molecule is O=C(C[NH+]1CCCCCCC1)N/N=C\c1ccc(F)c(F)c1. The van der Waals surface area contributed by atoms with Crippen LogP contribution in [0.1, 0.15) is 37.7 Å². The molecule has 1 aromatic rings. The summed E-state index contributed by atoms with van der Waals surface area (Å²) >= 11 is 0. The fourth-order valence-electron chi connectivity index (χ4n) is 2.62. The summed E-state index contributed by atoms with van der Waals surface area (Å²) in [6.07, 6.45) is 7.38. The molecule has 1 amide bonds. The van der Waals surface area contributed by atoms with Crippen LogP contribution in [0.3, 0.4) is 0 Å². The average molecular weight is 310 g/mol. The van der Waals surface area contributed by atoms with Gasteiger partial charge in [0.05, 0.1) is 19.3 Å². The summed E-state index contributed by atoms with van der Waals surface area (Å²) in [6, 6.07) is 3.47. The molecule has 0 unspecified atom stereocenters. The second kappa shape index (κ2) is 8.58. The number of benzene rings is 1. The lowest BCUT2D eigenvalue weighted by Gasteiger charge is -2.20. The Balaban J connectivity index is 1.78. The van der Waals surface area contributed by atoms with Crippen LogP contribution in [-0.2, 0) is 4.79 Å². The number of carbonyl (C=O) groups excluding carboxylic acids is 1. The Morgan fingerprint density at radius 3 is 2.50 bits per heavy atom. The number of amides is 1. The Labute approximate surface area is 129 Å². The molecule has 22 heavy (non-hydrogen) atoms. The quantitative estimate of drug-likeness (QED) is 0.638. The Morgan fingerprint density at radius 1 is 1.14 bits per heavy atom. The number of nitrogens with zero attached hydrogens (tertiary/aromatic N) is 1. The average Bonchev–Trinajstić information content (AvgIpc) is 2.45. The van der Waals surface area contributed by atoms with Crippen LogP contribution in [0.25, 0.3) is 0 Å². The first kappa shape index (κ1) is 16.5. The van der Waals surface area contributed by atoms with Crippen molar-refractivity contribution in [1.29, 1.82) is 0 Å². The van der Waals surface area contributed by atoms with E-state index >= 15 is 0 Å². The highest BCUT2D eigenvalue weighted by atomic mass is 19.2. The van der Waals surface area contributed by atoms with E-state index < -0.39 is 11.6 Å². The number of hydrogen-bond donors (Lipinski definition) is 2. The largest absolute Gasteiger partial charge is 0.327 e. The lowest BCUT2D eigenvalue weighted by molar-refractivity contribution is -0.893. The van der Waals surface area contributed by atoms with Gasteiger partial charge < -0.3 is 4.90 Å². The Hall–Kier alpha value is -1.82. The van der Waals surface area contributed by atoms with E-state index in [0.717, 1.165) is 38.1 Å². The van der Waals surface area contributed by atoms with Crippen LogP contribution < -0.4 is 10.3 Å². The van der Waals surface area contributed by atoms with Gasteiger partial charge in [-0.25, -0.2) is 14.2 Å². The van der Waals surface area contributed by atoms with E-state index in [2.05, 4.69) is 10.5 Å². The number of quaternary nitrogens is 1. The van der Waals surface area contributed by atoms with Gasteiger partial charge in [0.1, 0.15) is 0 Å². The molecule has 1 fully saturated rings. The van der Waals surface area contributed by atoms with Crippen LogP contribution in [0, 0.1) is 11.6 Å². The van der Waals surface area contributed by atoms with Gasteiger partial charge in [-0.2, -0.15) is 5.10 Å². The van der Waals surface area contributed by atoms with Gasteiger partial charge in [0, 0.05) is 0 Å². The first-order valence-electron chi connectivity index (χ1n) is 7.75. The molecule has 1 saturated heterocycles. The predicted octanol–water partition coefficient (Wildman–Crippen LogP) is 1.26. The summed E-state index contributed by atoms with van der Waals surface area (Å²) in [5.41, 5.74) is 2.84. The van der Waals surface area contributed by atoms with E-state index in [9.17, 15) is 13.6 Å². The van der Waals surface area contributed by atoms with Gasteiger partial charge in [-0.1, -0.05) is 12.5 Å². The molecule has 2 N–H and O–H groups in total. The minimum absolute atomic E-state index is 0.158. The fraction of sp³-hybridized carbons (Fsp3) is 0.500. The zero-order valence-corrected chi connectivity index (χ0v) is 12.6. The standard InChI is InChI=1S/C16H21F2N3O/c17-14-7-6-13(10-15(14)18)11-19-20-16(22)12-21-8-4-2-1-3-5-9-21/h6-7,10-11H,1-5,8-9,12H2,(H,20,22)/p+1/b19-11-. The van der Waals surface area contributed by atoms with Crippen LogP contribution in [0.2, 0.25) is 0 Å². The fourth-order valence-corrected chi connectivity index (χ4v) is 2.62. The monoisotopic (exact) mass is 310 g/mol. The van der Waals surface area contributed by atoms with Crippen LogP contribution in [0.4, 0.5) is 8.78 Å². The van der Waals surface area contributed by atoms with Crippen molar-refractivity contribution in [3.8, 4) is 0 Å². The molecule has 120 valence electrons. The van der Waals surface area contributed by atoms with Gasteiger partial charge in [-0.05, 0) is 43.4 Å². The highest BCUT2D eigenvalue weighted by Gasteiger charge is 2.14. The third-order valence-electron chi connectivity index (χ3n) is 3.82. The molecule has 0 bridgehead atoms. The van der Waals surface area contributed by atoms with Crippen molar-refractivity contribution in [1.82, 2.24) is 5.43 Å². The number of nitrogens with one attached hydrogen (secondary N) is 2. The first-order chi connectivity index (χ1) is 10.6. The summed E-state index contributed by atoms with van der Waals surface area (Å²) in [5, 5.41) is 3.79. The number of hydrogen-bond acceptors (Lipinski definition) is 2.